The van der Waals surface area contributed by atoms with Gasteiger partial charge in [0.15, 0.2) is 0 Å². The molecular weight excluding hydrogens is 422 g/mol. The highest BCUT2D eigenvalue weighted by molar-refractivity contribution is 7.11. The van der Waals surface area contributed by atoms with Crippen LogP contribution < -0.4 is 0 Å². The number of carbonyl (C=O) groups excluding carboxylic acids is 2. The highest BCUT2D eigenvalue weighted by atomic mass is 32.1. The highest BCUT2D eigenvalue weighted by Gasteiger charge is 2.24. The van der Waals surface area contributed by atoms with Gasteiger partial charge in [0.05, 0.1) is 26.3 Å². The third-order valence-corrected chi connectivity index (χ3v) is 6.62. The van der Waals surface area contributed by atoms with Crippen molar-refractivity contribution in [2.75, 3.05) is 45.9 Å². The summed E-state index contributed by atoms with van der Waals surface area (Å²) in [5, 5.41) is 0. The largest absolute Gasteiger partial charge is 0.379 e. The standard InChI is InChI=1S/C25H35N3O3S/c1-20(2)25(30)27(12-11-26-13-15-31-16-14-26)19-24(29)28(17-22-7-5-4-6-8-22)18-23-10-9-21(3)32-23/h4-10,20H,11-19H2,1-3H3. The maximum Gasteiger partial charge on any atom is 0.242 e. The summed E-state index contributed by atoms with van der Waals surface area (Å²) in [5.74, 6) is -0.135. The minimum Gasteiger partial charge on any atom is -0.379 e. The average Bonchev–Trinajstić information content (AvgIpc) is 3.21. The van der Waals surface area contributed by atoms with Crippen LogP contribution in [-0.4, -0.2) is 72.5 Å². The topological polar surface area (TPSA) is 53.1 Å². The van der Waals surface area contributed by atoms with E-state index in [9.17, 15) is 9.59 Å². The molecule has 7 heteroatoms. The average molecular weight is 458 g/mol. The van der Waals surface area contributed by atoms with Gasteiger partial charge in [-0.1, -0.05) is 44.2 Å². The fourth-order valence-electron chi connectivity index (χ4n) is 3.78. The Morgan fingerprint density at radius 1 is 1.03 bits per heavy atom. The molecule has 0 saturated carbocycles. The molecule has 0 radical (unpaired) electrons. The Kier molecular flexibility index (Phi) is 9.26. The van der Waals surface area contributed by atoms with E-state index in [2.05, 4.69) is 24.0 Å². The zero-order chi connectivity index (χ0) is 22.9. The summed E-state index contributed by atoms with van der Waals surface area (Å²) in [6, 6.07) is 14.2. The van der Waals surface area contributed by atoms with Crippen molar-refractivity contribution in [2.24, 2.45) is 5.92 Å². The molecule has 1 aliphatic heterocycles. The Morgan fingerprint density at radius 2 is 1.75 bits per heavy atom. The molecule has 0 N–H and O–H groups in total. The van der Waals surface area contributed by atoms with E-state index in [4.69, 9.17) is 4.74 Å². The van der Waals surface area contributed by atoms with Gasteiger partial charge in [0.25, 0.3) is 0 Å². The number of rotatable bonds is 10. The smallest absolute Gasteiger partial charge is 0.242 e. The van der Waals surface area contributed by atoms with Crippen LogP contribution in [-0.2, 0) is 27.4 Å². The van der Waals surface area contributed by atoms with Gasteiger partial charge in [-0.3, -0.25) is 14.5 Å². The number of ether oxygens (including phenoxy) is 1. The maximum atomic E-state index is 13.5. The van der Waals surface area contributed by atoms with E-state index < -0.39 is 0 Å². The second kappa shape index (κ2) is 12.1. The van der Waals surface area contributed by atoms with Crippen molar-refractivity contribution >= 4 is 23.2 Å². The van der Waals surface area contributed by atoms with Gasteiger partial charge in [0.2, 0.25) is 11.8 Å². The summed E-state index contributed by atoms with van der Waals surface area (Å²) in [7, 11) is 0. The van der Waals surface area contributed by atoms with Gasteiger partial charge < -0.3 is 14.5 Å². The van der Waals surface area contributed by atoms with Crippen LogP contribution in [0.25, 0.3) is 0 Å². The lowest BCUT2D eigenvalue weighted by atomic mass is 10.1. The molecule has 1 fully saturated rings. The number of thiophene rings is 1. The van der Waals surface area contributed by atoms with Crippen molar-refractivity contribution in [1.29, 1.82) is 0 Å². The van der Waals surface area contributed by atoms with Gasteiger partial charge in [-0.05, 0) is 24.6 Å². The molecule has 32 heavy (non-hydrogen) atoms. The van der Waals surface area contributed by atoms with Gasteiger partial charge in [-0.15, -0.1) is 11.3 Å². The third kappa shape index (κ3) is 7.43. The van der Waals surface area contributed by atoms with Crippen LogP contribution in [0.1, 0.15) is 29.2 Å². The number of morpholine rings is 1. The Labute approximate surface area is 195 Å². The first-order valence-corrected chi connectivity index (χ1v) is 12.2. The molecule has 174 valence electrons. The molecule has 0 spiro atoms. The van der Waals surface area contributed by atoms with Crippen molar-refractivity contribution in [3.05, 3.63) is 57.8 Å². The molecule has 0 aliphatic carbocycles. The summed E-state index contributed by atoms with van der Waals surface area (Å²) in [6.45, 7) is 11.6. The van der Waals surface area contributed by atoms with E-state index >= 15 is 0 Å². The van der Waals surface area contributed by atoms with Crippen LogP contribution in [0.2, 0.25) is 0 Å². The molecule has 1 saturated heterocycles. The van der Waals surface area contributed by atoms with Crippen LogP contribution >= 0.6 is 11.3 Å². The predicted octanol–water partition coefficient (Wildman–Crippen LogP) is 3.40. The number of aryl methyl sites for hydroxylation is 1. The molecule has 0 atom stereocenters. The normalized spacial score (nSPS) is 14.5. The first kappa shape index (κ1) is 24.4. The van der Waals surface area contributed by atoms with E-state index in [1.54, 1.807) is 16.2 Å². The zero-order valence-electron chi connectivity index (χ0n) is 19.5. The van der Waals surface area contributed by atoms with Crippen LogP contribution in [0.15, 0.2) is 42.5 Å². The van der Waals surface area contributed by atoms with E-state index in [1.165, 1.54) is 4.88 Å². The van der Waals surface area contributed by atoms with Crippen molar-refractivity contribution in [1.82, 2.24) is 14.7 Å². The predicted molar refractivity (Wildman–Crippen MR) is 128 cm³/mol. The quantitative estimate of drug-likeness (QED) is 0.549. The van der Waals surface area contributed by atoms with E-state index in [1.807, 2.05) is 49.1 Å². The maximum absolute atomic E-state index is 13.5. The minimum atomic E-state index is -0.144. The third-order valence-electron chi connectivity index (χ3n) is 5.63. The monoisotopic (exact) mass is 457 g/mol. The van der Waals surface area contributed by atoms with E-state index in [0.29, 0.717) is 19.6 Å². The van der Waals surface area contributed by atoms with Crippen molar-refractivity contribution in [2.45, 2.75) is 33.9 Å². The molecule has 0 unspecified atom stereocenters. The molecule has 2 heterocycles. The van der Waals surface area contributed by atoms with Crippen molar-refractivity contribution in [3.8, 4) is 0 Å². The van der Waals surface area contributed by atoms with Crippen LogP contribution in [0.4, 0.5) is 0 Å². The SMILES string of the molecule is Cc1ccc(CN(Cc2ccccc2)C(=O)CN(CCN2CCOCC2)C(=O)C(C)C)s1. The van der Waals surface area contributed by atoms with Crippen LogP contribution in [0.3, 0.4) is 0 Å². The highest BCUT2D eigenvalue weighted by Crippen LogP contribution is 2.19. The number of hydrogen-bond donors (Lipinski definition) is 0. The molecule has 2 aromatic rings. The number of carbonyl (C=O) groups is 2. The fraction of sp³-hybridized carbons (Fsp3) is 0.520. The van der Waals surface area contributed by atoms with Crippen LogP contribution in [0.5, 0.6) is 0 Å². The first-order chi connectivity index (χ1) is 15.4. The van der Waals surface area contributed by atoms with Gasteiger partial charge in [-0.2, -0.15) is 0 Å². The Bertz CT molecular complexity index is 862. The second-order valence-corrected chi connectivity index (χ2v) is 9.99. The molecule has 1 aliphatic rings. The van der Waals surface area contributed by atoms with Gasteiger partial charge in [0.1, 0.15) is 0 Å². The molecule has 1 aromatic carbocycles. The van der Waals surface area contributed by atoms with E-state index in [-0.39, 0.29) is 24.3 Å². The minimum absolute atomic E-state index is 0.0177. The van der Waals surface area contributed by atoms with Crippen LogP contribution in [0, 0.1) is 12.8 Å². The lowest BCUT2D eigenvalue weighted by Gasteiger charge is -2.32. The number of nitrogens with zero attached hydrogens (tertiary/aromatic N) is 3. The zero-order valence-corrected chi connectivity index (χ0v) is 20.3. The van der Waals surface area contributed by atoms with Gasteiger partial charge in [-0.25, -0.2) is 0 Å². The summed E-state index contributed by atoms with van der Waals surface area (Å²) in [5.41, 5.74) is 1.09. The number of benzene rings is 1. The Balaban J connectivity index is 1.70. The van der Waals surface area contributed by atoms with Crippen molar-refractivity contribution < 1.29 is 14.3 Å². The van der Waals surface area contributed by atoms with Crippen molar-refractivity contribution in [3.63, 3.8) is 0 Å². The van der Waals surface area contributed by atoms with E-state index in [0.717, 1.165) is 43.3 Å². The molecule has 2 amide bonds. The summed E-state index contributed by atoms with van der Waals surface area (Å²) in [4.78, 5) is 34.6. The van der Waals surface area contributed by atoms with Gasteiger partial charge in [0, 0.05) is 48.4 Å². The molecule has 6 nitrogen and oxygen atoms in total. The molecule has 0 bridgehead atoms. The number of amides is 2. The molecule has 1 aromatic heterocycles. The Morgan fingerprint density at radius 3 is 2.38 bits per heavy atom. The fourth-order valence-corrected chi connectivity index (χ4v) is 4.68. The second-order valence-electron chi connectivity index (χ2n) is 8.62. The summed E-state index contributed by atoms with van der Waals surface area (Å²) in [6.07, 6.45) is 0. The first-order valence-electron chi connectivity index (χ1n) is 11.4. The molecule has 3 rings (SSSR count). The molecular formula is C25H35N3O3S. The lowest BCUT2D eigenvalue weighted by Crippen LogP contribution is -2.48. The Hall–Kier alpha value is -2.22. The number of hydrogen-bond acceptors (Lipinski definition) is 5. The lowest BCUT2D eigenvalue weighted by molar-refractivity contribution is -0.143. The summed E-state index contributed by atoms with van der Waals surface area (Å²) < 4.78 is 5.42. The summed E-state index contributed by atoms with van der Waals surface area (Å²) >= 11 is 1.71. The van der Waals surface area contributed by atoms with Gasteiger partial charge >= 0.3 is 0 Å².